The zero-order valence-corrected chi connectivity index (χ0v) is 30.9. The molecule has 10 rings (SSSR count). The Morgan fingerprint density at radius 1 is 0.981 bits per heavy atom. The van der Waals surface area contributed by atoms with Gasteiger partial charge >= 0.3 is 5.97 Å². The van der Waals surface area contributed by atoms with E-state index in [1.807, 2.05) is 18.2 Å². The number of amides is 1. The minimum atomic E-state index is -1.04. The Hall–Kier alpha value is -3.80. The minimum Gasteiger partial charge on any atom is -0.493 e. The third-order valence-corrected chi connectivity index (χ3v) is 13.2. The first-order valence-corrected chi connectivity index (χ1v) is 18.7. The van der Waals surface area contributed by atoms with Crippen LogP contribution in [0.25, 0.3) is 0 Å². The monoisotopic (exact) mass is 762 g/mol. The fourth-order valence-corrected chi connectivity index (χ4v) is 11.0. The molecule has 7 atom stereocenters. The van der Waals surface area contributed by atoms with Gasteiger partial charge in [0.25, 0.3) is 0 Å². The summed E-state index contributed by atoms with van der Waals surface area (Å²) in [5.74, 6) is 1.53. The summed E-state index contributed by atoms with van der Waals surface area (Å²) in [5, 5.41) is 16.6. The SMILES string of the molecule is COc1cc2c(cc1OC)[C@@]13CCN4CC5=CCO[C@H]6CC(=O)N2[C@H]1[C@H]6[C@H]5C[C@H]43.O=C(O)C1=NN(c2ccc(Cl)cc2Cl)[C@H](c2ccc(Cl)cc2)C1. The maximum atomic E-state index is 13.5. The Kier molecular flexibility index (Phi) is 8.28. The number of aliphatic carboxylic acids is 1. The molecule has 0 radical (unpaired) electrons. The van der Waals surface area contributed by atoms with Gasteiger partial charge in [0.2, 0.25) is 5.91 Å². The quantitative estimate of drug-likeness (QED) is 0.274. The van der Waals surface area contributed by atoms with Crippen molar-refractivity contribution in [3.05, 3.63) is 92.4 Å². The highest BCUT2D eigenvalue weighted by molar-refractivity contribution is 6.38. The highest BCUT2D eigenvalue weighted by Crippen LogP contribution is 2.66. The van der Waals surface area contributed by atoms with E-state index < -0.39 is 5.97 Å². The van der Waals surface area contributed by atoms with Gasteiger partial charge in [-0.1, -0.05) is 58.6 Å². The maximum Gasteiger partial charge on any atom is 0.352 e. The number of carbonyl (C=O) groups is 2. The van der Waals surface area contributed by atoms with Crippen molar-refractivity contribution in [2.45, 2.75) is 55.3 Å². The van der Waals surface area contributed by atoms with Gasteiger partial charge in [-0.05, 0) is 72.8 Å². The number of methoxy groups -OCH3 is 2. The van der Waals surface area contributed by atoms with Crippen LogP contribution in [0.2, 0.25) is 15.1 Å². The number of anilines is 2. The van der Waals surface area contributed by atoms with E-state index in [2.05, 4.69) is 27.0 Å². The Morgan fingerprint density at radius 2 is 1.73 bits per heavy atom. The van der Waals surface area contributed by atoms with Crippen molar-refractivity contribution in [2.75, 3.05) is 43.8 Å². The summed E-state index contributed by atoms with van der Waals surface area (Å²) in [6.45, 7) is 2.80. The number of benzene rings is 3. The molecular weight excluding hydrogens is 727 g/mol. The first-order chi connectivity index (χ1) is 25.1. The first kappa shape index (κ1) is 34.0. The predicted molar refractivity (Wildman–Crippen MR) is 199 cm³/mol. The Labute approximate surface area is 316 Å². The highest BCUT2D eigenvalue weighted by atomic mass is 35.5. The van der Waals surface area contributed by atoms with Crippen LogP contribution < -0.4 is 19.4 Å². The Morgan fingerprint density at radius 3 is 2.46 bits per heavy atom. The maximum absolute atomic E-state index is 13.5. The number of hydrogen-bond acceptors (Lipinski definition) is 8. The van der Waals surface area contributed by atoms with Gasteiger partial charge in [-0.15, -0.1) is 0 Å². The molecule has 3 aromatic carbocycles. The summed E-state index contributed by atoms with van der Waals surface area (Å²) in [7, 11) is 3.36. The summed E-state index contributed by atoms with van der Waals surface area (Å²) in [4.78, 5) is 29.6. The number of hydrazone groups is 1. The molecule has 6 heterocycles. The van der Waals surface area contributed by atoms with Gasteiger partial charge in [0.15, 0.2) is 11.5 Å². The van der Waals surface area contributed by atoms with Crippen molar-refractivity contribution in [1.82, 2.24) is 4.90 Å². The molecule has 1 saturated carbocycles. The van der Waals surface area contributed by atoms with Crippen LogP contribution in [0.5, 0.6) is 11.5 Å². The fraction of sp³-hybridized carbons (Fsp3) is 0.410. The van der Waals surface area contributed by atoms with Crippen LogP contribution in [-0.2, 0) is 19.7 Å². The van der Waals surface area contributed by atoms with Gasteiger partial charge < -0.3 is 24.2 Å². The second-order valence-electron chi connectivity index (χ2n) is 14.5. The second kappa shape index (κ2) is 12.7. The molecule has 1 amide bonds. The zero-order chi connectivity index (χ0) is 36.1. The predicted octanol–water partition coefficient (Wildman–Crippen LogP) is 7.15. The lowest BCUT2D eigenvalue weighted by Gasteiger charge is -2.58. The van der Waals surface area contributed by atoms with E-state index in [9.17, 15) is 14.7 Å². The van der Waals surface area contributed by atoms with Gasteiger partial charge in [0, 0.05) is 46.5 Å². The number of carboxylic acids is 1. The standard InChI is InChI=1S/C23H26N2O4.C16H11Cl3N2O2/c1-27-16-8-14-15(9-17(16)28-2)25-20(26)10-18-21-13-7-19-23(14,22(21)25)4-5-24(19)11-12(13)3-6-29-18;17-10-3-1-9(2-4-10)15-8-13(16(22)23)20-21(15)14-6-5-11(18)7-12(14)19/h3,8-9,13,18-19,21-22H,4-7,10-11H2,1-2H3;1-7,15H,8H2,(H,22,23)/t13-,18-,19-,21-,22-,23+;15-/m00/s1. The molecule has 13 heteroatoms. The zero-order valence-electron chi connectivity index (χ0n) is 28.6. The van der Waals surface area contributed by atoms with E-state index in [1.165, 1.54) is 12.0 Å². The Bertz CT molecular complexity index is 2060. The van der Waals surface area contributed by atoms with E-state index in [-0.39, 0.29) is 41.6 Å². The van der Waals surface area contributed by atoms with Crippen molar-refractivity contribution < 1.29 is 28.9 Å². The molecule has 52 heavy (non-hydrogen) atoms. The van der Waals surface area contributed by atoms with Gasteiger partial charge in [0.05, 0.1) is 61.8 Å². The molecule has 1 aliphatic carbocycles. The number of rotatable bonds is 5. The second-order valence-corrected chi connectivity index (χ2v) is 15.8. The van der Waals surface area contributed by atoms with Crippen LogP contribution in [0.1, 0.15) is 42.9 Å². The average molecular weight is 764 g/mol. The summed E-state index contributed by atoms with van der Waals surface area (Å²) in [6.07, 6.45) is 5.38. The third-order valence-electron chi connectivity index (χ3n) is 12.4. The topological polar surface area (TPSA) is 104 Å². The van der Waals surface area contributed by atoms with E-state index in [1.54, 1.807) is 55.1 Å². The molecule has 0 unspecified atom stereocenters. The van der Waals surface area contributed by atoms with Crippen LogP contribution in [0.3, 0.4) is 0 Å². The van der Waals surface area contributed by atoms with Gasteiger partial charge in [0.1, 0.15) is 5.71 Å². The lowest BCUT2D eigenvalue weighted by atomic mass is 9.53. The molecule has 6 aliphatic heterocycles. The van der Waals surface area contributed by atoms with Crippen molar-refractivity contribution >= 4 is 63.8 Å². The number of carboxylic acid groups (broad SMARTS) is 1. The smallest absolute Gasteiger partial charge is 0.352 e. The molecule has 270 valence electrons. The molecule has 2 bridgehead atoms. The summed E-state index contributed by atoms with van der Waals surface area (Å²) in [6, 6.07) is 16.8. The number of piperidine rings is 2. The van der Waals surface area contributed by atoms with E-state index in [4.69, 9.17) is 49.0 Å². The molecule has 10 nitrogen and oxygen atoms in total. The van der Waals surface area contributed by atoms with Crippen LogP contribution in [0, 0.1) is 11.8 Å². The molecular formula is C39H37Cl3N4O6. The van der Waals surface area contributed by atoms with Crippen molar-refractivity contribution in [3.63, 3.8) is 0 Å². The molecule has 0 aromatic heterocycles. The van der Waals surface area contributed by atoms with Crippen molar-refractivity contribution in [3.8, 4) is 11.5 Å². The fourth-order valence-electron chi connectivity index (χ4n) is 10.3. The molecule has 7 aliphatic rings. The van der Waals surface area contributed by atoms with Crippen LogP contribution >= 0.6 is 34.8 Å². The number of carbonyl (C=O) groups excluding carboxylic acids is 1. The van der Waals surface area contributed by atoms with Crippen LogP contribution in [-0.4, -0.2) is 79.7 Å². The van der Waals surface area contributed by atoms with Gasteiger partial charge in [-0.3, -0.25) is 14.7 Å². The number of fused-ring (bicyclic) bond motifs is 2. The van der Waals surface area contributed by atoms with E-state index in [0.717, 1.165) is 36.5 Å². The first-order valence-electron chi connectivity index (χ1n) is 17.6. The van der Waals surface area contributed by atoms with Crippen LogP contribution in [0.4, 0.5) is 11.4 Å². The molecule has 1 spiro atoms. The summed E-state index contributed by atoms with van der Waals surface area (Å²) >= 11 is 18.1. The number of hydrogen-bond donors (Lipinski definition) is 1. The van der Waals surface area contributed by atoms with Crippen molar-refractivity contribution in [2.24, 2.45) is 16.9 Å². The molecule has 3 aromatic rings. The highest BCUT2D eigenvalue weighted by Gasteiger charge is 2.71. The van der Waals surface area contributed by atoms with Crippen molar-refractivity contribution in [1.29, 1.82) is 0 Å². The largest absolute Gasteiger partial charge is 0.493 e. The average Bonchev–Trinajstić information content (AvgIpc) is 3.79. The minimum absolute atomic E-state index is 0.0242. The lowest BCUT2D eigenvalue weighted by molar-refractivity contribution is -0.132. The summed E-state index contributed by atoms with van der Waals surface area (Å²) < 4.78 is 17.6. The normalized spacial score (nSPS) is 30.5. The van der Waals surface area contributed by atoms with Gasteiger partial charge in [-0.25, -0.2) is 4.79 Å². The molecule has 4 fully saturated rings. The third kappa shape index (κ3) is 5.01. The number of ether oxygens (including phenoxy) is 3. The van der Waals surface area contributed by atoms with Crippen LogP contribution in [0.15, 0.2) is 71.3 Å². The molecule has 3 saturated heterocycles. The lowest BCUT2D eigenvalue weighted by Crippen LogP contribution is -2.69. The number of nitrogens with zero attached hydrogens (tertiary/aromatic N) is 4. The Balaban J connectivity index is 0.000000143. The van der Waals surface area contributed by atoms with E-state index >= 15 is 0 Å². The number of halogens is 3. The van der Waals surface area contributed by atoms with E-state index in [0.29, 0.717) is 57.4 Å². The van der Waals surface area contributed by atoms with Gasteiger partial charge in [-0.2, -0.15) is 5.10 Å². The molecule has 1 N–H and O–H groups in total. The summed E-state index contributed by atoms with van der Waals surface area (Å²) in [5.41, 5.74) is 5.44.